The molecule has 0 saturated carbocycles. The lowest BCUT2D eigenvalue weighted by Gasteiger charge is -2.08. The third-order valence-electron chi connectivity index (χ3n) is 3.33. The highest BCUT2D eigenvalue weighted by molar-refractivity contribution is 9.10. The van der Waals surface area contributed by atoms with Gasteiger partial charge in [0.1, 0.15) is 5.82 Å². The van der Waals surface area contributed by atoms with Crippen molar-refractivity contribution in [2.45, 2.75) is 19.3 Å². The number of nitrogens with one attached hydrogen (secondary N) is 2. The molecule has 2 amide bonds. The summed E-state index contributed by atoms with van der Waals surface area (Å²) in [6.45, 7) is 0. The van der Waals surface area contributed by atoms with E-state index in [4.69, 9.17) is 0 Å². The Bertz CT molecular complexity index is 640. The molecule has 102 valence electrons. The Kier molecular flexibility index (Phi) is 3.69. The van der Waals surface area contributed by atoms with Crippen LogP contribution in [0.5, 0.6) is 0 Å². The first-order chi connectivity index (χ1) is 9.70. The number of benzene rings is 1. The van der Waals surface area contributed by atoms with Crippen molar-refractivity contribution in [3.63, 3.8) is 0 Å². The first-order valence-electron chi connectivity index (χ1n) is 6.52. The largest absolute Gasteiger partial charge is 0.324 e. The van der Waals surface area contributed by atoms with E-state index in [0.29, 0.717) is 5.82 Å². The quantitative estimate of drug-likeness (QED) is 0.874. The summed E-state index contributed by atoms with van der Waals surface area (Å²) in [6, 6.07) is 9.38. The first-order valence-corrected chi connectivity index (χ1v) is 7.31. The van der Waals surface area contributed by atoms with Gasteiger partial charge in [-0.25, -0.2) is 9.78 Å². The molecule has 0 saturated heterocycles. The van der Waals surface area contributed by atoms with E-state index in [1.165, 1.54) is 17.5 Å². The molecule has 0 aliphatic heterocycles. The minimum Gasteiger partial charge on any atom is -0.308 e. The second kappa shape index (κ2) is 5.63. The van der Waals surface area contributed by atoms with E-state index >= 15 is 0 Å². The smallest absolute Gasteiger partial charge is 0.308 e. The van der Waals surface area contributed by atoms with Crippen molar-refractivity contribution in [3.8, 4) is 0 Å². The number of fused-ring (bicyclic) bond motifs is 1. The molecule has 1 heterocycles. The Morgan fingerprint density at radius 3 is 2.75 bits per heavy atom. The van der Waals surface area contributed by atoms with Crippen LogP contribution in [0.4, 0.5) is 16.3 Å². The molecule has 0 atom stereocenters. The fraction of sp³-hybridized carbons (Fsp3) is 0.200. The molecule has 20 heavy (non-hydrogen) atoms. The number of rotatable bonds is 2. The minimum atomic E-state index is -0.280. The number of anilines is 2. The van der Waals surface area contributed by atoms with Crippen molar-refractivity contribution in [1.29, 1.82) is 0 Å². The number of pyridine rings is 1. The van der Waals surface area contributed by atoms with Crippen LogP contribution in [0.2, 0.25) is 0 Å². The number of carbonyl (C=O) groups is 1. The highest BCUT2D eigenvalue weighted by atomic mass is 79.9. The van der Waals surface area contributed by atoms with Crippen LogP contribution >= 0.6 is 15.9 Å². The summed E-state index contributed by atoms with van der Waals surface area (Å²) in [7, 11) is 0. The summed E-state index contributed by atoms with van der Waals surface area (Å²) in [6.07, 6.45) is 5.09. The molecule has 1 aliphatic rings. The number of hydrogen-bond acceptors (Lipinski definition) is 2. The van der Waals surface area contributed by atoms with E-state index in [9.17, 15) is 4.79 Å². The van der Waals surface area contributed by atoms with Gasteiger partial charge in [0.2, 0.25) is 0 Å². The summed E-state index contributed by atoms with van der Waals surface area (Å²) in [4.78, 5) is 16.0. The van der Waals surface area contributed by atoms with Gasteiger partial charge in [0.25, 0.3) is 0 Å². The molecule has 0 bridgehead atoms. The summed E-state index contributed by atoms with van der Waals surface area (Å²) >= 11 is 3.30. The van der Waals surface area contributed by atoms with Crippen LogP contribution in [0.15, 0.2) is 41.0 Å². The van der Waals surface area contributed by atoms with Crippen LogP contribution in [0.1, 0.15) is 17.5 Å². The maximum atomic E-state index is 11.9. The molecule has 2 N–H and O–H groups in total. The third-order valence-corrected chi connectivity index (χ3v) is 3.79. The third kappa shape index (κ3) is 2.99. The number of aryl methyl sites for hydroxylation is 2. The fourth-order valence-corrected chi connectivity index (χ4v) is 2.61. The number of amides is 2. The van der Waals surface area contributed by atoms with Gasteiger partial charge < -0.3 is 5.32 Å². The zero-order chi connectivity index (χ0) is 13.9. The van der Waals surface area contributed by atoms with E-state index in [-0.39, 0.29) is 6.03 Å². The van der Waals surface area contributed by atoms with Crippen LogP contribution in [-0.2, 0) is 12.8 Å². The number of nitrogens with zero attached hydrogens (tertiary/aromatic N) is 1. The number of carbonyl (C=O) groups excluding carboxylic acids is 1. The summed E-state index contributed by atoms with van der Waals surface area (Å²) in [5, 5.41) is 5.54. The van der Waals surface area contributed by atoms with Gasteiger partial charge in [-0.15, -0.1) is 0 Å². The van der Waals surface area contributed by atoms with Gasteiger partial charge in [-0.05, 0) is 70.6 Å². The molecule has 0 spiro atoms. The summed E-state index contributed by atoms with van der Waals surface area (Å²) in [5.74, 6) is 0.520. The zero-order valence-corrected chi connectivity index (χ0v) is 12.4. The molecule has 0 radical (unpaired) electrons. The van der Waals surface area contributed by atoms with E-state index in [2.05, 4.69) is 43.7 Å². The van der Waals surface area contributed by atoms with Crippen molar-refractivity contribution in [2.24, 2.45) is 0 Å². The predicted octanol–water partition coefficient (Wildman–Crippen LogP) is 3.98. The van der Waals surface area contributed by atoms with Gasteiger partial charge in [0.05, 0.1) is 0 Å². The average molecular weight is 332 g/mol. The number of aromatic nitrogens is 1. The minimum absolute atomic E-state index is 0.280. The molecule has 1 aromatic heterocycles. The molecule has 1 aliphatic carbocycles. The maximum Gasteiger partial charge on any atom is 0.324 e. The van der Waals surface area contributed by atoms with E-state index in [1.54, 1.807) is 12.3 Å². The van der Waals surface area contributed by atoms with Crippen LogP contribution in [-0.4, -0.2) is 11.0 Å². The SMILES string of the molecule is O=C(Nc1ccc2c(c1)CCC2)Nc1ccc(Br)cn1. The number of hydrogen-bond donors (Lipinski definition) is 2. The topological polar surface area (TPSA) is 54.0 Å². The summed E-state index contributed by atoms with van der Waals surface area (Å²) in [5.41, 5.74) is 3.55. The van der Waals surface area contributed by atoms with Gasteiger partial charge in [0.15, 0.2) is 0 Å². The van der Waals surface area contributed by atoms with Gasteiger partial charge in [-0.3, -0.25) is 5.32 Å². The molecule has 4 nitrogen and oxygen atoms in total. The van der Waals surface area contributed by atoms with E-state index in [1.807, 2.05) is 12.1 Å². The Balaban J connectivity index is 1.65. The van der Waals surface area contributed by atoms with Crippen molar-refractivity contribution >= 4 is 33.5 Å². The zero-order valence-electron chi connectivity index (χ0n) is 10.8. The lowest BCUT2D eigenvalue weighted by molar-refractivity contribution is 0.262. The Hall–Kier alpha value is -1.88. The number of halogens is 1. The fourth-order valence-electron chi connectivity index (χ4n) is 2.38. The molecule has 5 heteroatoms. The van der Waals surface area contributed by atoms with Gasteiger partial charge in [-0.2, -0.15) is 0 Å². The second-order valence-electron chi connectivity index (χ2n) is 4.78. The second-order valence-corrected chi connectivity index (χ2v) is 5.69. The van der Waals surface area contributed by atoms with Crippen LogP contribution in [0.3, 0.4) is 0 Å². The molecule has 2 aromatic rings. The number of urea groups is 1. The highest BCUT2D eigenvalue weighted by Crippen LogP contribution is 2.24. The first kappa shape index (κ1) is 13.1. The molecular formula is C15H14BrN3O. The van der Waals surface area contributed by atoms with Crippen molar-refractivity contribution in [2.75, 3.05) is 10.6 Å². The van der Waals surface area contributed by atoms with E-state index < -0.39 is 0 Å². The normalized spacial score (nSPS) is 12.8. The van der Waals surface area contributed by atoms with Crippen LogP contribution < -0.4 is 10.6 Å². The van der Waals surface area contributed by atoms with Gasteiger partial charge in [0, 0.05) is 16.4 Å². The molecule has 1 aromatic carbocycles. The Labute approximate surface area is 125 Å². The molecular weight excluding hydrogens is 318 g/mol. The average Bonchev–Trinajstić information content (AvgIpc) is 2.89. The summed E-state index contributed by atoms with van der Waals surface area (Å²) < 4.78 is 0.877. The monoisotopic (exact) mass is 331 g/mol. The molecule has 0 fully saturated rings. The van der Waals surface area contributed by atoms with Gasteiger partial charge >= 0.3 is 6.03 Å². The Morgan fingerprint density at radius 1 is 1.10 bits per heavy atom. The van der Waals surface area contributed by atoms with Gasteiger partial charge in [-0.1, -0.05) is 6.07 Å². The standard InChI is InChI=1S/C15H14BrN3O/c16-12-5-7-14(17-9-12)19-15(20)18-13-6-4-10-2-1-3-11(10)8-13/h4-9H,1-3H2,(H2,17,18,19,20). The van der Waals surface area contributed by atoms with Crippen molar-refractivity contribution in [1.82, 2.24) is 4.98 Å². The lowest BCUT2D eigenvalue weighted by Crippen LogP contribution is -2.20. The van der Waals surface area contributed by atoms with Crippen molar-refractivity contribution in [3.05, 3.63) is 52.1 Å². The predicted molar refractivity (Wildman–Crippen MR) is 83.0 cm³/mol. The molecule has 3 rings (SSSR count). The Morgan fingerprint density at radius 2 is 1.95 bits per heavy atom. The molecule has 0 unspecified atom stereocenters. The van der Waals surface area contributed by atoms with Crippen LogP contribution in [0.25, 0.3) is 0 Å². The van der Waals surface area contributed by atoms with Crippen molar-refractivity contribution < 1.29 is 4.79 Å². The maximum absolute atomic E-state index is 11.9. The lowest BCUT2D eigenvalue weighted by atomic mass is 10.1. The van der Waals surface area contributed by atoms with Crippen LogP contribution in [0, 0.1) is 0 Å². The highest BCUT2D eigenvalue weighted by Gasteiger charge is 2.11. The van der Waals surface area contributed by atoms with E-state index in [0.717, 1.165) is 23.0 Å².